The highest BCUT2D eigenvalue weighted by atomic mass is 16.5. The molecule has 0 aromatic carbocycles. The van der Waals surface area contributed by atoms with Crippen LogP contribution in [0.1, 0.15) is 30.3 Å². The van der Waals surface area contributed by atoms with Crippen molar-refractivity contribution in [2.24, 2.45) is 5.73 Å². The normalized spacial score (nSPS) is 12.1. The molecule has 1 aromatic heterocycles. The van der Waals surface area contributed by atoms with E-state index in [0.717, 1.165) is 12.8 Å². The van der Waals surface area contributed by atoms with Gasteiger partial charge >= 0.3 is 0 Å². The number of carbonyl (C=O) groups excluding carboxylic acids is 1. The number of aromatic nitrogens is 2. The molecule has 0 saturated heterocycles. The lowest BCUT2D eigenvalue weighted by atomic mass is 10.2. The van der Waals surface area contributed by atoms with E-state index in [2.05, 4.69) is 22.4 Å². The van der Waals surface area contributed by atoms with E-state index in [1.807, 2.05) is 0 Å². The summed E-state index contributed by atoms with van der Waals surface area (Å²) in [5, 5.41) is 10.8. The molecule has 0 aliphatic carbocycles. The summed E-state index contributed by atoms with van der Waals surface area (Å²) in [4.78, 5) is 10.8. The first kappa shape index (κ1) is 13.4. The predicted molar refractivity (Wildman–Crippen MR) is 64.7 cm³/mol. The molecule has 1 heterocycles. The molecule has 1 atom stereocenters. The first-order valence-corrected chi connectivity index (χ1v) is 5.56. The Morgan fingerprint density at radius 2 is 2.29 bits per heavy atom. The molecule has 0 bridgehead atoms. The van der Waals surface area contributed by atoms with Crippen LogP contribution in [0.2, 0.25) is 0 Å². The molecule has 1 aromatic rings. The standard InChI is InChI=1S/C11H18N4O2/c1-3-4-8(7-17-2)13-10-6-5-9(11(12)16)14-15-10/h5-6,8H,3-4,7H2,1-2H3,(H2,12,16)(H,13,15). The van der Waals surface area contributed by atoms with Crippen molar-refractivity contribution in [3.63, 3.8) is 0 Å². The third-order valence-corrected chi connectivity index (χ3v) is 2.27. The second-order valence-corrected chi connectivity index (χ2v) is 3.75. The predicted octanol–water partition coefficient (Wildman–Crippen LogP) is 0.802. The van der Waals surface area contributed by atoms with Crippen LogP contribution in [-0.4, -0.2) is 35.9 Å². The van der Waals surface area contributed by atoms with Crippen LogP contribution < -0.4 is 11.1 Å². The Balaban J connectivity index is 2.62. The van der Waals surface area contributed by atoms with Crippen molar-refractivity contribution in [2.75, 3.05) is 19.0 Å². The van der Waals surface area contributed by atoms with Crippen molar-refractivity contribution in [1.82, 2.24) is 10.2 Å². The molecule has 1 amide bonds. The molecule has 0 saturated carbocycles. The number of primary amides is 1. The molecular weight excluding hydrogens is 220 g/mol. The number of nitrogens with one attached hydrogen (secondary N) is 1. The molecule has 3 N–H and O–H groups in total. The number of anilines is 1. The van der Waals surface area contributed by atoms with E-state index in [4.69, 9.17) is 10.5 Å². The maximum Gasteiger partial charge on any atom is 0.269 e. The Hall–Kier alpha value is -1.69. The van der Waals surface area contributed by atoms with Crippen LogP contribution in [0.25, 0.3) is 0 Å². The number of ether oxygens (including phenoxy) is 1. The molecular formula is C11H18N4O2. The number of hydrogen-bond acceptors (Lipinski definition) is 5. The summed E-state index contributed by atoms with van der Waals surface area (Å²) in [5.74, 6) is 0.0385. The minimum atomic E-state index is -0.578. The molecule has 17 heavy (non-hydrogen) atoms. The number of hydrogen-bond donors (Lipinski definition) is 2. The first-order valence-electron chi connectivity index (χ1n) is 5.56. The lowest BCUT2D eigenvalue weighted by molar-refractivity contribution is 0.0994. The van der Waals surface area contributed by atoms with Gasteiger partial charge in [0.2, 0.25) is 0 Å². The highest BCUT2D eigenvalue weighted by Crippen LogP contribution is 2.07. The highest BCUT2D eigenvalue weighted by molar-refractivity contribution is 5.90. The van der Waals surface area contributed by atoms with Gasteiger partial charge in [-0.3, -0.25) is 4.79 Å². The van der Waals surface area contributed by atoms with Crippen molar-refractivity contribution >= 4 is 11.7 Å². The van der Waals surface area contributed by atoms with Crippen LogP contribution in [0.5, 0.6) is 0 Å². The van der Waals surface area contributed by atoms with Gasteiger partial charge in [0.25, 0.3) is 5.91 Å². The fourth-order valence-electron chi connectivity index (χ4n) is 1.50. The van der Waals surface area contributed by atoms with Gasteiger partial charge in [-0.2, -0.15) is 0 Å². The Labute approximate surface area is 101 Å². The largest absolute Gasteiger partial charge is 0.383 e. The molecule has 1 rings (SSSR count). The highest BCUT2D eigenvalue weighted by Gasteiger charge is 2.09. The topological polar surface area (TPSA) is 90.1 Å². The van der Waals surface area contributed by atoms with Crippen LogP contribution in [0.4, 0.5) is 5.82 Å². The van der Waals surface area contributed by atoms with E-state index >= 15 is 0 Å². The van der Waals surface area contributed by atoms with Gasteiger partial charge in [0.1, 0.15) is 5.82 Å². The summed E-state index contributed by atoms with van der Waals surface area (Å²) < 4.78 is 5.11. The summed E-state index contributed by atoms with van der Waals surface area (Å²) in [6, 6.07) is 3.43. The summed E-state index contributed by atoms with van der Waals surface area (Å²) in [6.45, 7) is 2.71. The van der Waals surface area contributed by atoms with Crippen molar-refractivity contribution in [3.05, 3.63) is 17.8 Å². The minimum Gasteiger partial charge on any atom is -0.383 e. The number of amides is 1. The van der Waals surface area contributed by atoms with Gasteiger partial charge in [-0.25, -0.2) is 0 Å². The molecule has 1 unspecified atom stereocenters. The number of nitrogens with zero attached hydrogens (tertiary/aromatic N) is 2. The number of nitrogens with two attached hydrogens (primary N) is 1. The van der Waals surface area contributed by atoms with Gasteiger partial charge in [0, 0.05) is 7.11 Å². The quantitative estimate of drug-likeness (QED) is 0.733. The molecule has 6 heteroatoms. The van der Waals surface area contributed by atoms with Crippen LogP contribution in [-0.2, 0) is 4.74 Å². The Morgan fingerprint density at radius 1 is 1.53 bits per heavy atom. The number of rotatable bonds is 7. The molecule has 0 aliphatic rings. The van der Waals surface area contributed by atoms with Crippen LogP contribution in [0.3, 0.4) is 0 Å². The van der Waals surface area contributed by atoms with Gasteiger partial charge in [-0.1, -0.05) is 13.3 Å². The monoisotopic (exact) mass is 238 g/mol. The van der Waals surface area contributed by atoms with Crippen molar-refractivity contribution in [2.45, 2.75) is 25.8 Å². The summed E-state index contributed by atoms with van der Waals surface area (Å²) >= 11 is 0. The van der Waals surface area contributed by atoms with E-state index in [9.17, 15) is 4.79 Å². The first-order chi connectivity index (χ1) is 8.17. The zero-order valence-electron chi connectivity index (χ0n) is 10.1. The van der Waals surface area contributed by atoms with Gasteiger partial charge in [-0.15, -0.1) is 10.2 Å². The molecule has 6 nitrogen and oxygen atoms in total. The fraction of sp³-hybridized carbons (Fsp3) is 0.545. The van der Waals surface area contributed by atoms with E-state index in [0.29, 0.717) is 12.4 Å². The zero-order chi connectivity index (χ0) is 12.7. The lowest BCUT2D eigenvalue weighted by Gasteiger charge is -2.17. The van der Waals surface area contributed by atoms with Crippen molar-refractivity contribution in [1.29, 1.82) is 0 Å². The fourth-order valence-corrected chi connectivity index (χ4v) is 1.50. The second kappa shape index (κ2) is 6.80. The summed E-state index contributed by atoms with van der Waals surface area (Å²) in [6.07, 6.45) is 2.03. The van der Waals surface area contributed by atoms with Gasteiger partial charge in [0.05, 0.1) is 12.6 Å². The van der Waals surface area contributed by atoms with Crippen LogP contribution in [0, 0.1) is 0 Å². The molecule has 94 valence electrons. The van der Waals surface area contributed by atoms with Gasteiger partial charge < -0.3 is 15.8 Å². The lowest BCUT2D eigenvalue weighted by Crippen LogP contribution is -2.25. The van der Waals surface area contributed by atoms with Gasteiger partial charge in [-0.05, 0) is 18.6 Å². The summed E-state index contributed by atoms with van der Waals surface area (Å²) in [5.41, 5.74) is 5.24. The average molecular weight is 238 g/mol. The maximum atomic E-state index is 10.8. The summed E-state index contributed by atoms with van der Waals surface area (Å²) in [7, 11) is 1.66. The van der Waals surface area contributed by atoms with Crippen LogP contribution >= 0.6 is 0 Å². The zero-order valence-corrected chi connectivity index (χ0v) is 10.1. The molecule has 0 aliphatic heterocycles. The third kappa shape index (κ3) is 4.36. The minimum absolute atomic E-state index is 0.161. The van der Waals surface area contributed by atoms with Crippen LogP contribution in [0.15, 0.2) is 12.1 Å². The third-order valence-electron chi connectivity index (χ3n) is 2.27. The van der Waals surface area contributed by atoms with E-state index in [1.54, 1.807) is 19.2 Å². The van der Waals surface area contributed by atoms with E-state index in [1.165, 1.54) is 0 Å². The van der Waals surface area contributed by atoms with E-state index in [-0.39, 0.29) is 11.7 Å². The van der Waals surface area contributed by atoms with E-state index < -0.39 is 5.91 Å². The number of methoxy groups -OCH3 is 1. The Kier molecular flexibility index (Phi) is 5.35. The smallest absolute Gasteiger partial charge is 0.269 e. The number of carbonyl (C=O) groups is 1. The molecule has 0 fully saturated rings. The molecule has 0 radical (unpaired) electrons. The Morgan fingerprint density at radius 3 is 2.76 bits per heavy atom. The van der Waals surface area contributed by atoms with Crippen molar-refractivity contribution < 1.29 is 9.53 Å². The molecule has 0 spiro atoms. The maximum absolute atomic E-state index is 10.8. The Bertz CT molecular complexity index is 347. The second-order valence-electron chi connectivity index (χ2n) is 3.75. The SMILES string of the molecule is CCCC(COC)Nc1ccc(C(N)=O)nn1. The van der Waals surface area contributed by atoms with Gasteiger partial charge in [0.15, 0.2) is 5.69 Å². The van der Waals surface area contributed by atoms with Crippen molar-refractivity contribution in [3.8, 4) is 0 Å². The average Bonchev–Trinajstić information content (AvgIpc) is 2.30.